The van der Waals surface area contributed by atoms with Crippen molar-refractivity contribution in [2.75, 3.05) is 37.9 Å². The second-order valence-corrected chi connectivity index (χ2v) is 6.26. The standard InChI is InChI=1S/C13H24N4O2S/c1-6-7-17(4)12-16-10(14)9(20-12)11(18)15-8-13(2,3)19-5/h6-8,14H2,1-5H3,(H,15,18). The van der Waals surface area contributed by atoms with Crippen molar-refractivity contribution in [3.8, 4) is 0 Å². The number of nitrogens with one attached hydrogen (secondary N) is 1. The third-order valence-electron chi connectivity index (χ3n) is 2.96. The summed E-state index contributed by atoms with van der Waals surface area (Å²) in [5.41, 5.74) is 5.42. The third-order valence-corrected chi connectivity index (χ3v) is 4.15. The second kappa shape index (κ2) is 6.90. The molecule has 114 valence electrons. The first kappa shape index (κ1) is 16.7. The highest BCUT2D eigenvalue weighted by atomic mass is 32.1. The lowest BCUT2D eigenvalue weighted by molar-refractivity contribution is 0.0229. The van der Waals surface area contributed by atoms with Gasteiger partial charge in [0.25, 0.3) is 5.91 Å². The number of anilines is 2. The minimum Gasteiger partial charge on any atom is -0.382 e. The predicted octanol–water partition coefficient (Wildman–Crippen LogP) is 1.73. The van der Waals surface area contributed by atoms with Crippen molar-refractivity contribution < 1.29 is 9.53 Å². The molecule has 0 saturated carbocycles. The van der Waals surface area contributed by atoms with Crippen LogP contribution in [0, 0.1) is 0 Å². The van der Waals surface area contributed by atoms with Crippen LogP contribution >= 0.6 is 11.3 Å². The first-order chi connectivity index (χ1) is 9.30. The van der Waals surface area contributed by atoms with E-state index >= 15 is 0 Å². The van der Waals surface area contributed by atoms with Crippen molar-refractivity contribution in [3.63, 3.8) is 0 Å². The molecule has 0 aliphatic rings. The summed E-state index contributed by atoms with van der Waals surface area (Å²) in [4.78, 5) is 18.8. The number of hydrogen-bond acceptors (Lipinski definition) is 6. The number of aromatic nitrogens is 1. The van der Waals surface area contributed by atoms with Gasteiger partial charge >= 0.3 is 0 Å². The summed E-state index contributed by atoms with van der Waals surface area (Å²) >= 11 is 1.31. The number of nitrogens with zero attached hydrogens (tertiary/aromatic N) is 2. The average molecular weight is 300 g/mol. The second-order valence-electron chi connectivity index (χ2n) is 5.28. The fraction of sp³-hybridized carbons (Fsp3) is 0.692. The van der Waals surface area contributed by atoms with Crippen molar-refractivity contribution in [2.24, 2.45) is 0 Å². The van der Waals surface area contributed by atoms with Gasteiger partial charge in [-0.1, -0.05) is 18.3 Å². The molecule has 0 atom stereocenters. The SMILES string of the molecule is CCCN(C)c1nc(N)c(C(=O)NCC(C)(C)OC)s1. The highest BCUT2D eigenvalue weighted by molar-refractivity contribution is 7.18. The molecule has 1 aromatic rings. The first-order valence-corrected chi connectivity index (χ1v) is 7.43. The zero-order chi connectivity index (χ0) is 15.3. The van der Waals surface area contributed by atoms with Gasteiger partial charge in [-0.3, -0.25) is 4.79 Å². The van der Waals surface area contributed by atoms with E-state index in [0.717, 1.165) is 18.1 Å². The van der Waals surface area contributed by atoms with Crippen molar-refractivity contribution >= 4 is 28.2 Å². The van der Waals surface area contributed by atoms with Crippen LogP contribution in [0.5, 0.6) is 0 Å². The molecule has 1 amide bonds. The third kappa shape index (κ3) is 4.35. The number of hydrogen-bond donors (Lipinski definition) is 2. The summed E-state index contributed by atoms with van der Waals surface area (Å²) in [6, 6.07) is 0. The van der Waals surface area contributed by atoms with Gasteiger partial charge in [-0.05, 0) is 20.3 Å². The minimum absolute atomic E-state index is 0.207. The lowest BCUT2D eigenvalue weighted by atomic mass is 10.1. The van der Waals surface area contributed by atoms with E-state index in [1.165, 1.54) is 11.3 Å². The van der Waals surface area contributed by atoms with Crippen LogP contribution in [0.2, 0.25) is 0 Å². The zero-order valence-corrected chi connectivity index (χ0v) is 13.6. The van der Waals surface area contributed by atoms with Crippen molar-refractivity contribution in [1.82, 2.24) is 10.3 Å². The molecule has 0 aliphatic carbocycles. The molecule has 1 aromatic heterocycles. The number of thiazole rings is 1. The van der Waals surface area contributed by atoms with Crippen LogP contribution in [-0.2, 0) is 4.74 Å². The van der Waals surface area contributed by atoms with E-state index in [0.29, 0.717) is 11.4 Å². The van der Waals surface area contributed by atoms with Crippen LogP contribution in [0.1, 0.15) is 36.9 Å². The maximum atomic E-state index is 12.1. The molecule has 1 heterocycles. The Balaban J connectivity index is 2.74. The molecule has 3 N–H and O–H groups in total. The van der Waals surface area contributed by atoms with Gasteiger partial charge in [-0.15, -0.1) is 0 Å². The topological polar surface area (TPSA) is 80.5 Å². The highest BCUT2D eigenvalue weighted by Crippen LogP contribution is 2.27. The van der Waals surface area contributed by atoms with E-state index < -0.39 is 5.60 Å². The maximum Gasteiger partial charge on any atom is 0.265 e. The number of amides is 1. The van der Waals surface area contributed by atoms with Gasteiger partial charge in [0, 0.05) is 27.2 Å². The zero-order valence-electron chi connectivity index (χ0n) is 12.8. The Morgan fingerprint density at radius 2 is 2.20 bits per heavy atom. The molecule has 0 fully saturated rings. The van der Waals surface area contributed by atoms with E-state index in [2.05, 4.69) is 17.2 Å². The minimum atomic E-state index is -0.406. The van der Waals surface area contributed by atoms with Gasteiger partial charge in [0.15, 0.2) is 5.13 Å². The van der Waals surface area contributed by atoms with Gasteiger partial charge in [0.2, 0.25) is 0 Å². The van der Waals surface area contributed by atoms with Gasteiger partial charge < -0.3 is 20.7 Å². The summed E-state index contributed by atoms with van der Waals surface area (Å²) in [6.07, 6.45) is 1.01. The lowest BCUT2D eigenvalue weighted by Crippen LogP contribution is -2.39. The predicted molar refractivity (Wildman–Crippen MR) is 83.5 cm³/mol. The Kier molecular flexibility index (Phi) is 5.76. The number of carbonyl (C=O) groups is 1. The summed E-state index contributed by atoms with van der Waals surface area (Å²) < 4.78 is 5.26. The van der Waals surface area contributed by atoms with Crippen LogP contribution in [0.25, 0.3) is 0 Å². The van der Waals surface area contributed by atoms with E-state index in [1.54, 1.807) is 7.11 Å². The highest BCUT2D eigenvalue weighted by Gasteiger charge is 2.21. The Bertz CT molecular complexity index is 459. The smallest absolute Gasteiger partial charge is 0.265 e. The number of rotatable bonds is 7. The first-order valence-electron chi connectivity index (χ1n) is 6.61. The summed E-state index contributed by atoms with van der Waals surface area (Å²) in [6.45, 7) is 7.20. The molecule has 0 aromatic carbocycles. The van der Waals surface area contributed by atoms with Crippen molar-refractivity contribution in [2.45, 2.75) is 32.8 Å². The van der Waals surface area contributed by atoms with E-state index in [1.807, 2.05) is 25.8 Å². The Labute approximate surface area is 124 Å². The van der Waals surface area contributed by atoms with Gasteiger partial charge in [0.05, 0.1) is 5.60 Å². The van der Waals surface area contributed by atoms with Crippen LogP contribution in [0.4, 0.5) is 10.9 Å². The number of nitrogen functional groups attached to an aromatic ring is 1. The molecule has 0 unspecified atom stereocenters. The van der Waals surface area contributed by atoms with Gasteiger partial charge in [-0.2, -0.15) is 0 Å². The van der Waals surface area contributed by atoms with Crippen molar-refractivity contribution in [1.29, 1.82) is 0 Å². The van der Waals surface area contributed by atoms with Crippen LogP contribution in [-0.4, -0.2) is 43.7 Å². The molecule has 0 radical (unpaired) electrons. The Morgan fingerprint density at radius 3 is 2.75 bits per heavy atom. The molecule has 0 bridgehead atoms. The molecule has 0 saturated heterocycles. The lowest BCUT2D eigenvalue weighted by Gasteiger charge is -2.22. The number of nitrogens with two attached hydrogens (primary N) is 1. The molecule has 1 rings (SSSR count). The molecule has 6 nitrogen and oxygen atoms in total. The quantitative estimate of drug-likeness (QED) is 0.801. The normalized spacial score (nSPS) is 11.4. The van der Waals surface area contributed by atoms with E-state index in [-0.39, 0.29) is 11.7 Å². The van der Waals surface area contributed by atoms with Crippen LogP contribution in [0.3, 0.4) is 0 Å². The maximum absolute atomic E-state index is 12.1. The number of carbonyl (C=O) groups excluding carboxylic acids is 1. The molecule has 7 heteroatoms. The summed E-state index contributed by atoms with van der Waals surface area (Å²) in [5, 5.41) is 3.59. The molecular formula is C13H24N4O2S. The number of ether oxygens (including phenoxy) is 1. The fourth-order valence-electron chi connectivity index (χ4n) is 1.52. The Morgan fingerprint density at radius 1 is 1.55 bits per heavy atom. The average Bonchev–Trinajstić information content (AvgIpc) is 2.79. The summed E-state index contributed by atoms with van der Waals surface area (Å²) in [7, 11) is 3.56. The van der Waals surface area contributed by atoms with Crippen LogP contribution in [0.15, 0.2) is 0 Å². The monoisotopic (exact) mass is 300 g/mol. The molecular weight excluding hydrogens is 276 g/mol. The molecule has 20 heavy (non-hydrogen) atoms. The van der Waals surface area contributed by atoms with Crippen LogP contribution < -0.4 is 16.0 Å². The molecule has 0 aliphatic heterocycles. The summed E-state index contributed by atoms with van der Waals surface area (Å²) in [5.74, 6) is 0.0712. The van der Waals surface area contributed by atoms with Gasteiger partial charge in [-0.25, -0.2) is 4.98 Å². The van der Waals surface area contributed by atoms with Crippen molar-refractivity contribution in [3.05, 3.63) is 4.88 Å². The van der Waals surface area contributed by atoms with Gasteiger partial charge in [0.1, 0.15) is 10.7 Å². The fourth-order valence-corrected chi connectivity index (χ4v) is 2.41. The van der Waals surface area contributed by atoms with E-state index in [9.17, 15) is 4.79 Å². The number of methoxy groups -OCH3 is 1. The Hall–Kier alpha value is -1.34. The molecule has 0 spiro atoms. The van der Waals surface area contributed by atoms with E-state index in [4.69, 9.17) is 10.5 Å². The largest absolute Gasteiger partial charge is 0.382 e.